The summed E-state index contributed by atoms with van der Waals surface area (Å²) >= 11 is 5.15. The minimum Gasteiger partial charge on any atom is -0.357 e. The van der Waals surface area contributed by atoms with Gasteiger partial charge in [-0.1, -0.05) is 43.7 Å². The molecule has 1 aromatic rings. The molecule has 1 rings (SSSR count). The van der Waals surface area contributed by atoms with Crippen LogP contribution in [0.5, 0.6) is 0 Å². The Morgan fingerprint density at radius 2 is 1.81 bits per heavy atom. The molecule has 116 valence electrons. The van der Waals surface area contributed by atoms with Crippen LogP contribution in [0.1, 0.15) is 52.0 Å². The van der Waals surface area contributed by atoms with Gasteiger partial charge in [0.1, 0.15) is 0 Å². The van der Waals surface area contributed by atoms with Crippen LogP contribution in [0.25, 0.3) is 0 Å². The van der Waals surface area contributed by atoms with E-state index in [2.05, 4.69) is 23.1 Å². The monoisotopic (exact) mass is 307 g/mol. The zero-order valence-electron chi connectivity index (χ0n) is 13.2. The number of carbonyl (C=O) groups excluding carboxylic acids is 1. The second kappa shape index (κ2) is 7.98. The molecule has 0 radical (unpaired) electrons. The molecule has 0 saturated carbocycles. The molecule has 0 aliphatic heterocycles. The molecular formula is C16H25N3OS. The van der Waals surface area contributed by atoms with Gasteiger partial charge < -0.3 is 5.32 Å². The van der Waals surface area contributed by atoms with Gasteiger partial charge in [0, 0.05) is 5.54 Å². The van der Waals surface area contributed by atoms with Crippen LogP contribution in [0, 0.1) is 0 Å². The largest absolute Gasteiger partial charge is 0.357 e. The van der Waals surface area contributed by atoms with Gasteiger partial charge in [0.25, 0.3) is 0 Å². The van der Waals surface area contributed by atoms with Gasteiger partial charge in [-0.2, -0.15) is 0 Å². The van der Waals surface area contributed by atoms with Gasteiger partial charge in [0.05, 0.1) is 5.92 Å². The maximum atomic E-state index is 12.3. The zero-order valence-corrected chi connectivity index (χ0v) is 14.0. The van der Waals surface area contributed by atoms with Crippen molar-refractivity contribution in [3.8, 4) is 0 Å². The van der Waals surface area contributed by atoms with E-state index in [1.807, 2.05) is 51.1 Å². The smallest absolute Gasteiger partial charge is 0.245 e. The SMILES string of the molecule is CCC[C@@H](C(=O)NNC(=S)NC(C)(C)C)c1ccccc1. The zero-order chi connectivity index (χ0) is 15.9. The first-order chi connectivity index (χ1) is 9.83. The molecule has 3 N–H and O–H groups in total. The van der Waals surface area contributed by atoms with E-state index in [1.54, 1.807) is 0 Å². The molecule has 0 aromatic heterocycles. The number of thiocarbonyl (C=S) groups is 1. The lowest BCUT2D eigenvalue weighted by Crippen LogP contribution is -2.53. The highest BCUT2D eigenvalue weighted by Crippen LogP contribution is 2.20. The molecule has 0 aliphatic carbocycles. The van der Waals surface area contributed by atoms with Crippen LogP contribution in [0.4, 0.5) is 0 Å². The summed E-state index contributed by atoms with van der Waals surface area (Å²) in [6, 6.07) is 9.80. The average Bonchev–Trinajstić information content (AvgIpc) is 2.41. The number of carbonyl (C=O) groups is 1. The van der Waals surface area contributed by atoms with E-state index in [0.717, 1.165) is 18.4 Å². The van der Waals surface area contributed by atoms with Crippen molar-refractivity contribution in [1.82, 2.24) is 16.2 Å². The molecule has 0 unspecified atom stereocenters. The van der Waals surface area contributed by atoms with E-state index < -0.39 is 0 Å². The molecule has 0 aliphatic rings. The summed E-state index contributed by atoms with van der Waals surface area (Å²) in [7, 11) is 0. The number of rotatable bonds is 4. The standard InChI is InChI=1S/C16H25N3OS/c1-5-9-13(12-10-7-6-8-11-12)14(20)18-19-15(21)17-16(2,3)4/h6-8,10-11,13H,5,9H2,1-4H3,(H,18,20)(H2,17,19,21)/t13-/m1/s1. The van der Waals surface area contributed by atoms with Crippen LogP contribution < -0.4 is 16.2 Å². The van der Waals surface area contributed by atoms with Crippen LogP contribution in [0.3, 0.4) is 0 Å². The van der Waals surface area contributed by atoms with E-state index >= 15 is 0 Å². The fourth-order valence-electron chi connectivity index (χ4n) is 2.00. The number of amides is 1. The van der Waals surface area contributed by atoms with Crippen LogP contribution >= 0.6 is 12.2 Å². The van der Waals surface area contributed by atoms with Crippen molar-refractivity contribution in [2.24, 2.45) is 0 Å². The van der Waals surface area contributed by atoms with E-state index in [1.165, 1.54) is 0 Å². The highest BCUT2D eigenvalue weighted by Gasteiger charge is 2.20. The highest BCUT2D eigenvalue weighted by atomic mass is 32.1. The third-order valence-electron chi connectivity index (χ3n) is 2.88. The van der Waals surface area contributed by atoms with E-state index in [-0.39, 0.29) is 17.4 Å². The first-order valence-corrected chi connectivity index (χ1v) is 7.67. The molecule has 1 amide bonds. The molecule has 0 spiro atoms. The Bertz CT molecular complexity index is 468. The summed E-state index contributed by atoms with van der Waals surface area (Å²) in [5, 5.41) is 3.51. The third-order valence-corrected chi connectivity index (χ3v) is 3.09. The van der Waals surface area contributed by atoms with Crippen molar-refractivity contribution in [3.63, 3.8) is 0 Å². The normalized spacial score (nSPS) is 12.4. The molecule has 1 aromatic carbocycles. The Hall–Kier alpha value is -1.62. The Morgan fingerprint density at radius 3 is 2.33 bits per heavy atom. The predicted octanol–water partition coefficient (Wildman–Crippen LogP) is 2.86. The topological polar surface area (TPSA) is 53.2 Å². The van der Waals surface area contributed by atoms with Crippen molar-refractivity contribution in [2.45, 2.75) is 52.0 Å². The van der Waals surface area contributed by atoms with Crippen LogP contribution in [-0.2, 0) is 4.79 Å². The molecule has 1 atom stereocenters. The third kappa shape index (κ3) is 6.58. The highest BCUT2D eigenvalue weighted by molar-refractivity contribution is 7.80. The average molecular weight is 307 g/mol. The maximum absolute atomic E-state index is 12.3. The summed E-state index contributed by atoms with van der Waals surface area (Å²) in [6.45, 7) is 8.09. The summed E-state index contributed by atoms with van der Waals surface area (Å²) in [6.07, 6.45) is 1.74. The predicted molar refractivity (Wildman–Crippen MR) is 90.9 cm³/mol. The van der Waals surface area contributed by atoms with Gasteiger partial charge in [0.2, 0.25) is 5.91 Å². The van der Waals surface area contributed by atoms with Crippen molar-refractivity contribution < 1.29 is 4.79 Å². The quantitative estimate of drug-likeness (QED) is 0.591. The van der Waals surface area contributed by atoms with Crippen molar-refractivity contribution in [1.29, 1.82) is 0 Å². The second-order valence-electron chi connectivity index (χ2n) is 6.07. The van der Waals surface area contributed by atoms with Crippen LogP contribution in [-0.4, -0.2) is 16.6 Å². The molecule has 0 bridgehead atoms. The lowest BCUT2D eigenvalue weighted by Gasteiger charge is -2.24. The summed E-state index contributed by atoms with van der Waals surface area (Å²) in [5.74, 6) is -0.234. The van der Waals surface area contributed by atoms with Gasteiger partial charge in [-0.05, 0) is 45.0 Å². The van der Waals surface area contributed by atoms with Crippen molar-refractivity contribution >= 4 is 23.2 Å². The number of hydrogen-bond acceptors (Lipinski definition) is 2. The van der Waals surface area contributed by atoms with Gasteiger partial charge >= 0.3 is 0 Å². The molecule has 5 heteroatoms. The molecule has 21 heavy (non-hydrogen) atoms. The van der Waals surface area contributed by atoms with Crippen molar-refractivity contribution in [3.05, 3.63) is 35.9 Å². The Balaban J connectivity index is 2.60. The number of nitrogens with one attached hydrogen (secondary N) is 3. The Labute approximate surface area is 132 Å². The van der Waals surface area contributed by atoms with E-state index in [0.29, 0.717) is 5.11 Å². The van der Waals surface area contributed by atoms with Gasteiger partial charge in [-0.15, -0.1) is 0 Å². The minimum atomic E-state index is -0.166. The Kier molecular flexibility index (Phi) is 6.62. The molecule has 0 saturated heterocycles. The van der Waals surface area contributed by atoms with Crippen molar-refractivity contribution in [2.75, 3.05) is 0 Å². The Morgan fingerprint density at radius 1 is 1.19 bits per heavy atom. The first-order valence-electron chi connectivity index (χ1n) is 7.26. The molecule has 0 fully saturated rings. The molecular weight excluding hydrogens is 282 g/mol. The minimum absolute atomic E-state index is 0.0684. The number of hydrogen-bond donors (Lipinski definition) is 3. The van der Waals surface area contributed by atoms with Gasteiger partial charge in [0.15, 0.2) is 5.11 Å². The van der Waals surface area contributed by atoms with Gasteiger partial charge in [-0.3, -0.25) is 15.6 Å². The fraction of sp³-hybridized carbons (Fsp3) is 0.500. The van der Waals surface area contributed by atoms with Crippen LogP contribution in [0.2, 0.25) is 0 Å². The van der Waals surface area contributed by atoms with E-state index in [4.69, 9.17) is 12.2 Å². The fourth-order valence-corrected chi connectivity index (χ4v) is 2.36. The molecule has 4 nitrogen and oxygen atoms in total. The number of hydrazine groups is 1. The second-order valence-corrected chi connectivity index (χ2v) is 6.48. The maximum Gasteiger partial charge on any atom is 0.245 e. The first kappa shape index (κ1) is 17.4. The summed E-state index contributed by atoms with van der Waals surface area (Å²) < 4.78 is 0. The summed E-state index contributed by atoms with van der Waals surface area (Å²) in [4.78, 5) is 12.3. The van der Waals surface area contributed by atoms with E-state index in [9.17, 15) is 4.79 Å². The molecule has 0 heterocycles. The summed E-state index contributed by atoms with van der Waals surface area (Å²) in [5.41, 5.74) is 6.34. The lowest BCUT2D eigenvalue weighted by atomic mass is 9.94. The van der Waals surface area contributed by atoms with Crippen LogP contribution in [0.15, 0.2) is 30.3 Å². The van der Waals surface area contributed by atoms with Gasteiger partial charge in [-0.25, -0.2) is 0 Å². The lowest BCUT2D eigenvalue weighted by molar-refractivity contribution is -0.123. The number of benzene rings is 1.